The van der Waals surface area contributed by atoms with E-state index in [0.717, 1.165) is 30.6 Å². The van der Waals surface area contributed by atoms with Crippen molar-refractivity contribution in [1.82, 2.24) is 5.32 Å². The molecule has 1 aromatic rings. The van der Waals surface area contributed by atoms with E-state index in [9.17, 15) is 4.79 Å². The average Bonchev–Trinajstić information content (AvgIpc) is 2.37. The summed E-state index contributed by atoms with van der Waals surface area (Å²) in [5, 5.41) is 3.34. The van der Waals surface area contributed by atoms with Crippen LogP contribution in [-0.2, 0) is 4.79 Å². The first-order valence-corrected chi connectivity index (χ1v) is 7.07. The van der Waals surface area contributed by atoms with Gasteiger partial charge in [0, 0.05) is 12.7 Å². The molecule has 1 aromatic carbocycles. The molecule has 3 nitrogen and oxygen atoms in total. The molecule has 2 unspecified atom stereocenters. The third-order valence-electron chi connectivity index (χ3n) is 4.01. The summed E-state index contributed by atoms with van der Waals surface area (Å²) in [7, 11) is 1.88. The Balaban J connectivity index is 2.14. The molecule has 0 saturated carbocycles. The Morgan fingerprint density at radius 1 is 1.37 bits per heavy atom. The summed E-state index contributed by atoms with van der Waals surface area (Å²) in [6.45, 7) is 7.29. The maximum Gasteiger partial charge on any atom is 0.243 e. The normalized spacial score (nSPS) is 23.2. The van der Waals surface area contributed by atoms with E-state index in [0.29, 0.717) is 5.92 Å². The topological polar surface area (TPSA) is 32.3 Å². The molecule has 0 spiro atoms. The molecule has 0 radical (unpaired) electrons. The van der Waals surface area contributed by atoms with Crippen molar-refractivity contribution in [3.63, 3.8) is 0 Å². The van der Waals surface area contributed by atoms with E-state index in [2.05, 4.69) is 38.2 Å². The maximum absolute atomic E-state index is 12.5. The SMILES string of the molecule is Cc1ccc(N(C)C(=O)C2CC(C)CCN2)c(C)c1. The van der Waals surface area contributed by atoms with Crippen LogP contribution in [0.3, 0.4) is 0 Å². The lowest BCUT2D eigenvalue weighted by Gasteiger charge is -2.31. The minimum Gasteiger partial charge on any atom is -0.314 e. The third kappa shape index (κ3) is 3.16. The molecule has 19 heavy (non-hydrogen) atoms. The van der Waals surface area contributed by atoms with Gasteiger partial charge in [-0.2, -0.15) is 0 Å². The Morgan fingerprint density at radius 2 is 2.11 bits per heavy atom. The summed E-state index contributed by atoms with van der Waals surface area (Å²) in [5.41, 5.74) is 3.39. The molecule has 3 heteroatoms. The van der Waals surface area contributed by atoms with Crippen molar-refractivity contribution in [1.29, 1.82) is 0 Å². The van der Waals surface area contributed by atoms with E-state index >= 15 is 0 Å². The largest absolute Gasteiger partial charge is 0.314 e. The Labute approximate surface area is 116 Å². The Hall–Kier alpha value is -1.35. The lowest BCUT2D eigenvalue weighted by atomic mass is 9.93. The van der Waals surface area contributed by atoms with Crippen molar-refractivity contribution in [2.75, 3.05) is 18.5 Å². The highest BCUT2D eigenvalue weighted by Gasteiger charge is 2.27. The minimum atomic E-state index is -0.0329. The number of benzene rings is 1. The van der Waals surface area contributed by atoms with Crippen LogP contribution in [0.15, 0.2) is 18.2 Å². The van der Waals surface area contributed by atoms with Crippen molar-refractivity contribution in [3.8, 4) is 0 Å². The van der Waals surface area contributed by atoms with Crippen molar-refractivity contribution in [2.24, 2.45) is 5.92 Å². The molecule has 1 aliphatic heterocycles. The van der Waals surface area contributed by atoms with Crippen LogP contribution in [0.5, 0.6) is 0 Å². The standard InChI is InChI=1S/C16H24N2O/c1-11-5-6-15(13(3)9-11)18(4)16(19)14-10-12(2)7-8-17-14/h5-6,9,12,14,17H,7-8,10H2,1-4H3. The zero-order valence-electron chi connectivity index (χ0n) is 12.4. The number of nitrogens with zero attached hydrogens (tertiary/aromatic N) is 1. The molecule has 0 bridgehead atoms. The van der Waals surface area contributed by atoms with E-state index < -0.39 is 0 Å². The Bertz CT molecular complexity index is 470. The summed E-state index contributed by atoms with van der Waals surface area (Å²) < 4.78 is 0. The second-order valence-corrected chi connectivity index (χ2v) is 5.82. The highest BCUT2D eigenvalue weighted by atomic mass is 16.2. The number of aryl methyl sites for hydroxylation is 2. The molecule has 2 rings (SSSR count). The van der Waals surface area contributed by atoms with Gasteiger partial charge in [0.05, 0.1) is 6.04 Å². The quantitative estimate of drug-likeness (QED) is 0.886. The van der Waals surface area contributed by atoms with Gasteiger partial charge in [0.1, 0.15) is 0 Å². The summed E-state index contributed by atoms with van der Waals surface area (Å²) in [6.07, 6.45) is 2.10. The van der Waals surface area contributed by atoms with Gasteiger partial charge in [0.25, 0.3) is 0 Å². The lowest BCUT2D eigenvalue weighted by molar-refractivity contribution is -0.121. The van der Waals surface area contributed by atoms with Gasteiger partial charge < -0.3 is 10.2 Å². The number of amides is 1. The number of likely N-dealkylation sites (N-methyl/N-ethyl adjacent to an activating group) is 1. The molecule has 1 aliphatic rings. The van der Waals surface area contributed by atoms with Gasteiger partial charge in [-0.15, -0.1) is 0 Å². The molecule has 1 fully saturated rings. The second-order valence-electron chi connectivity index (χ2n) is 5.82. The molecular weight excluding hydrogens is 236 g/mol. The monoisotopic (exact) mass is 260 g/mol. The number of piperidine rings is 1. The number of nitrogens with one attached hydrogen (secondary N) is 1. The number of hydrogen-bond acceptors (Lipinski definition) is 2. The van der Waals surface area contributed by atoms with Crippen LogP contribution in [0.4, 0.5) is 5.69 Å². The first kappa shape index (κ1) is 14.1. The number of hydrogen-bond donors (Lipinski definition) is 1. The molecule has 1 N–H and O–H groups in total. The first-order valence-electron chi connectivity index (χ1n) is 7.07. The van der Waals surface area contributed by atoms with Gasteiger partial charge in [-0.3, -0.25) is 4.79 Å². The summed E-state index contributed by atoms with van der Waals surface area (Å²) >= 11 is 0. The molecular formula is C16H24N2O. The number of anilines is 1. The van der Waals surface area contributed by atoms with Crippen LogP contribution in [0.1, 0.15) is 30.9 Å². The fourth-order valence-corrected chi connectivity index (χ4v) is 2.83. The van der Waals surface area contributed by atoms with Gasteiger partial charge in [-0.1, -0.05) is 24.6 Å². The van der Waals surface area contributed by atoms with E-state index in [1.165, 1.54) is 5.56 Å². The Kier molecular flexibility index (Phi) is 4.25. The first-order chi connectivity index (χ1) is 8.99. The fourth-order valence-electron chi connectivity index (χ4n) is 2.83. The lowest BCUT2D eigenvalue weighted by Crippen LogP contribution is -2.49. The number of rotatable bonds is 2. The van der Waals surface area contributed by atoms with Crippen LogP contribution in [0.25, 0.3) is 0 Å². The molecule has 1 saturated heterocycles. The van der Waals surface area contributed by atoms with Crippen molar-refractivity contribution in [2.45, 2.75) is 39.7 Å². The third-order valence-corrected chi connectivity index (χ3v) is 4.01. The fraction of sp³-hybridized carbons (Fsp3) is 0.562. The zero-order chi connectivity index (χ0) is 14.0. The van der Waals surface area contributed by atoms with E-state index in [-0.39, 0.29) is 11.9 Å². The van der Waals surface area contributed by atoms with Gasteiger partial charge in [0.2, 0.25) is 5.91 Å². The van der Waals surface area contributed by atoms with E-state index in [4.69, 9.17) is 0 Å². The van der Waals surface area contributed by atoms with Crippen LogP contribution in [0, 0.1) is 19.8 Å². The van der Waals surface area contributed by atoms with Gasteiger partial charge >= 0.3 is 0 Å². The van der Waals surface area contributed by atoms with Crippen LogP contribution in [0.2, 0.25) is 0 Å². The van der Waals surface area contributed by atoms with Crippen LogP contribution >= 0.6 is 0 Å². The van der Waals surface area contributed by atoms with Gasteiger partial charge in [-0.05, 0) is 50.8 Å². The summed E-state index contributed by atoms with van der Waals surface area (Å²) in [4.78, 5) is 14.3. The summed E-state index contributed by atoms with van der Waals surface area (Å²) in [6, 6.07) is 6.18. The van der Waals surface area contributed by atoms with Gasteiger partial charge in [-0.25, -0.2) is 0 Å². The van der Waals surface area contributed by atoms with Crippen molar-refractivity contribution in [3.05, 3.63) is 29.3 Å². The van der Waals surface area contributed by atoms with Crippen LogP contribution in [-0.4, -0.2) is 25.5 Å². The predicted octanol–water partition coefficient (Wildman–Crippen LogP) is 2.65. The van der Waals surface area contributed by atoms with Crippen molar-refractivity contribution < 1.29 is 4.79 Å². The number of carbonyl (C=O) groups is 1. The predicted molar refractivity (Wildman–Crippen MR) is 79.5 cm³/mol. The molecule has 0 aliphatic carbocycles. The molecule has 1 heterocycles. The van der Waals surface area contributed by atoms with Crippen LogP contribution < -0.4 is 10.2 Å². The maximum atomic E-state index is 12.5. The van der Waals surface area contributed by atoms with E-state index in [1.54, 1.807) is 4.90 Å². The summed E-state index contributed by atoms with van der Waals surface area (Å²) in [5.74, 6) is 0.807. The van der Waals surface area contributed by atoms with E-state index in [1.807, 2.05) is 13.1 Å². The van der Waals surface area contributed by atoms with Gasteiger partial charge in [0.15, 0.2) is 0 Å². The Morgan fingerprint density at radius 3 is 2.74 bits per heavy atom. The highest BCUT2D eigenvalue weighted by Crippen LogP contribution is 2.23. The minimum absolute atomic E-state index is 0.0329. The average molecular weight is 260 g/mol. The smallest absolute Gasteiger partial charge is 0.243 e. The number of carbonyl (C=O) groups excluding carboxylic acids is 1. The second kappa shape index (κ2) is 5.74. The molecule has 104 valence electrons. The zero-order valence-corrected chi connectivity index (χ0v) is 12.4. The molecule has 0 aromatic heterocycles. The molecule has 2 atom stereocenters. The highest BCUT2D eigenvalue weighted by molar-refractivity contribution is 5.97. The van der Waals surface area contributed by atoms with Crippen molar-refractivity contribution >= 4 is 11.6 Å². The molecule has 1 amide bonds.